The van der Waals surface area contributed by atoms with Crippen LogP contribution in [0.4, 0.5) is 4.79 Å². The Morgan fingerprint density at radius 2 is 1.23 bits per heavy atom. The van der Waals surface area contributed by atoms with Crippen molar-refractivity contribution < 1.29 is 37.8 Å². The number of ether oxygens (including phenoxy) is 1. The third-order valence-electron chi connectivity index (χ3n) is 13.3. The molecule has 3 amide bonds. The monoisotopic (exact) mass is 868 g/mol. The molecule has 3 N–H and O–H groups in total. The highest BCUT2D eigenvalue weighted by Crippen LogP contribution is 2.43. The van der Waals surface area contributed by atoms with E-state index in [1.54, 1.807) is 38.0 Å². The van der Waals surface area contributed by atoms with Crippen LogP contribution in [-0.2, 0) is 37.6 Å². The van der Waals surface area contributed by atoms with E-state index in [0.29, 0.717) is 32.1 Å². The fourth-order valence-corrected chi connectivity index (χ4v) is 11.7. The summed E-state index contributed by atoms with van der Waals surface area (Å²) in [7, 11) is 2.93. The van der Waals surface area contributed by atoms with Crippen LogP contribution in [0.3, 0.4) is 0 Å². The van der Waals surface area contributed by atoms with Crippen LogP contribution in [0.15, 0.2) is 60.7 Å². The van der Waals surface area contributed by atoms with E-state index in [2.05, 4.69) is 17.4 Å². The lowest BCUT2D eigenvalue weighted by Gasteiger charge is -2.37. The number of aliphatic hydroxyl groups is 2. The summed E-state index contributed by atoms with van der Waals surface area (Å²) in [6.45, 7) is 4.73. The van der Waals surface area contributed by atoms with Crippen molar-refractivity contribution in [2.24, 2.45) is 11.8 Å². The number of hydrogen-bond donors (Lipinski definition) is 3. The van der Waals surface area contributed by atoms with Crippen LogP contribution in [0.5, 0.6) is 0 Å². The van der Waals surface area contributed by atoms with Crippen molar-refractivity contribution in [1.82, 2.24) is 23.7 Å². The zero-order valence-electron chi connectivity index (χ0n) is 37.5. The van der Waals surface area contributed by atoms with E-state index in [-0.39, 0.29) is 47.9 Å². The van der Waals surface area contributed by atoms with Gasteiger partial charge in [0.05, 0.1) is 17.7 Å². The zero-order chi connectivity index (χ0) is 44.4. The molecule has 0 spiro atoms. The lowest BCUT2D eigenvalue weighted by molar-refractivity contribution is -0.135. The molecule has 340 valence electrons. The number of benzene rings is 2. The first-order chi connectivity index (χ1) is 28.9. The van der Waals surface area contributed by atoms with E-state index in [0.717, 1.165) is 67.8 Å². The Balaban J connectivity index is 0.000000211. The van der Waals surface area contributed by atoms with Gasteiger partial charge in [-0.1, -0.05) is 86.3 Å². The van der Waals surface area contributed by atoms with Crippen molar-refractivity contribution in [3.05, 3.63) is 71.8 Å². The molecule has 2 aromatic carbocycles. The number of aliphatic hydroxyl groups excluding tert-OH is 1. The fourth-order valence-electron chi connectivity index (χ4n) is 9.73. The summed E-state index contributed by atoms with van der Waals surface area (Å²) >= 11 is 0. The van der Waals surface area contributed by atoms with Crippen molar-refractivity contribution >= 4 is 28.1 Å². The van der Waals surface area contributed by atoms with E-state index in [4.69, 9.17) is 4.74 Å². The Labute approximate surface area is 365 Å². The number of carbonyl (C=O) groups excluding carboxylic acids is 3. The van der Waals surface area contributed by atoms with Crippen molar-refractivity contribution in [3.63, 3.8) is 0 Å². The van der Waals surface area contributed by atoms with Crippen LogP contribution in [0.2, 0.25) is 0 Å². The molecule has 0 radical (unpaired) electrons. The minimum absolute atomic E-state index is 0.00116. The molecule has 0 aromatic heterocycles. The van der Waals surface area contributed by atoms with Gasteiger partial charge in [0.25, 0.3) is 0 Å². The summed E-state index contributed by atoms with van der Waals surface area (Å²) in [5, 5.41) is 22.9. The Bertz CT molecular complexity index is 1810. The van der Waals surface area contributed by atoms with Crippen molar-refractivity contribution in [3.8, 4) is 0 Å². The summed E-state index contributed by atoms with van der Waals surface area (Å²) < 4.78 is 35.7. The van der Waals surface area contributed by atoms with Gasteiger partial charge in [-0.3, -0.25) is 9.59 Å². The van der Waals surface area contributed by atoms with Gasteiger partial charge in [0.15, 0.2) is 0 Å². The highest BCUT2D eigenvalue weighted by atomic mass is 32.2. The van der Waals surface area contributed by atoms with Gasteiger partial charge in [0, 0.05) is 65.2 Å². The third-order valence-corrected chi connectivity index (χ3v) is 15.2. The molecule has 13 nitrogen and oxygen atoms in total. The van der Waals surface area contributed by atoms with Gasteiger partial charge in [-0.15, -0.1) is 0 Å². The fraction of sp³-hybridized carbons (Fsp3) is 0.681. The maximum atomic E-state index is 13.7. The Morgan fingerprint density at radius 3 is 1.75 bits per heavy atom. The summed E-state index contributed by atoms with van der Waals surface area (Å²) in [4.78, 5) is 41.3. The first-order valence-corrected chi connectivity index (χ1v) is 24.0. The van der Waals surface area contributed by atoms with Crippen LogP contribution >= 0.6 is 0 Å². The topological polar surface area (TPSA) is 160 Å². The van der Waals surface area contributed by atoms with Crippen molar-refractivity contribution in [2.45, 2.75) is 165 Å². The van der Waals surface area contributed by atoms with Gasteiger partial charge in [-0.2, -0.15) is 17.0 Å². The normalized spacial score (nSPS) is 27.8. The average Bonchev–Trinajstić information content (AvgIpc) is 3.45. The van der Waals surface area contributed by atoms with Crippen LogP contribution in [0.1, 0.15) is 128 Å². The van der Waals surface area contributed by atoms with E-state index in [1.165, 1.54) is 29.1 Å². The number of fused-ring (bicyclic) bond motifs is 1. The largest absolute Gasteiger partial charge is 0.442 e. The van der Waals surface area contributed by atoms with E-state index in [9.17, 15) is 33.0 Å². The molecule has 4 saturated carbocycles. The molecule has 0 bridgehead atoms. The van der Waals surface area contributed by atoms with Crippen molar-refractivity contribution in [2.75, 3.05) is 28.2 Å². The summed E-state index contributed by atoms with van der Waals surface area (Å²) in [6.07, 6.45) is 12.7. The Kier molecular flexibility index (Phi) is 17.2. The number of carbonyl (C=O) groups is 3. The van der Waals surface area contributed by atoms with E-state index in [1.807, 2.05) is 62.4 Å². The van der Waals surface area contributed by atoms with Gasteiger partial charge in [0.2, 0.25) is 11.8 Å². The summed E-state index contributed by atoms with van der Waals surface area (Å²) in [5.74, 6) is -0.0621. The van der Waals surface area contributed by atoms with Crippen LogP contribution in [0, 0.1) is 11.8 Å². The van der Waals surface area contributed by atoms with Crippen LogP contribution in [0.25, 0.3) is 0 Å². The minimum Gasteiger partial charge on any atom is -0.442 e. The minimum atomic E-state index is -4.09. The highest BCUT2D eigenvalue weighted by molar-refractivity contribution is 7.87. The third kappa shape index (κ3) is 13.2. The van der Waals surface area contributed by atoms with Gasteiger partial charge >= 0.3 is 16.3 Å². The van der Waals surface area contributed by atoms with Crippen molar-refractivity contribution in [1.29, 1.82) is 0 Å². The molecular weight excluding hydrogens is 795 g/mol. The lowest BCUT2D eigenvalue weighted by Crippen LogP contribution is -2.48. The number of nitrogens with zero attached hydrogens (tertiary/aromatic N) is 4. The molecule has 1 saturated heterocycles. The zero-order valence-corrected chi connectivity index (χ0v) is 38.3. The van der Waals surface area contributed by atoms with Crippen LogP contribution in [-0.4, -0.2) is 119 Å². The standard InChI is InChI=1S/C24H35N3O5S.C16H24N2O2.C7H14O/c1-24(14-8-5-9-15-24)32-23(29)27-20-13-12-19(22(28)25(2)3)16-21(20)26(33(27,30)31)17-18-10-6-4-7-11-18;1-18(2)16(20)13-8-9-15(19)14(10-13)17-11-12-6-4-3-5-7-12;1-7(8)5-3-2-4-6-7/h4,6-7,10-11,19-21H,5,8-9,12-17H2,1-3H3;3-7,13-15,17,19H,8-11H2,1-2H3;8H,2-6H2,1H3/t19-,20-,21+;13-,14?,15+;/m00./s1. The summed E-state index contributed by atoms with van der Waals surface area (Å²) in [6, 6.07) is 18.5. The predicted octanol–water partition coefficient (Wildman–Crippen LogP) is 6.63. The smallest absolute Gasteiger partial charge is 0.425 e. The SMILES string of the molecule is CC1(O)CCCCC1.CN(C)C(=O)[C@H]1CC[C@@H](O)C(NCc2ccccc2)C1.CN(C)C(=O)[C@H]1CC[C@H]2[C@@H](C1)N(Cc1ccccc1)S(=O)(=O)N2C(=O)OC1(C)CCCCC1. The van der Waals surface area contributed by atoms with Gasteiger partial charge in [0.1, 0.15) is 5.60 Å². The molecule has 5 fully saturated rings. The molecule has 2 aromatic rings. The van der Waals surface area contributed by atoms with E-state index < -0.39 is 34.0 Å². The van der Waals surface area contributed by atoms with Gasteiger partial charge in [-0.05, 0) is 102 Å². The van der Waals surface area contributed by atoms with Crippen LogP contribution < -0.4 is 5.32 Å². The van der Waals surface area contributed by atoms with E-state index >= 15 is 0 Å². The summed E-state index contributed by atoms with van der Waals surface area (Å²) in [5.41, 5.74) is 1.08. The number of rotatable bonds is 8. The number of nitrogens with one attached hydrogen (secondary N) is 1. The molecule has 1 aliphatic heterocycles. The quantitative estimate of drug-likeness (QED) is 0.265. The molecule has 7 rings (SSSR count). The second kappa shape index (κ2) is 21.7. The molecule has 1 unspecified atom stereocenters. The second-order valence-corrected chi connectivity index (χ2v) is 20.7. The molecule has 6 atom stereocenters. The first-order valence-electron chi connectivity index (χ1n) is 22.6. The number of hydrogen-bond acceptors (Lipinski definition) is 9. The second-order valence-electron chi connectivity index (χ2n) is 18.9. The predicted molar refractivity (Wildman–Crippen MR) is 237 cm³/mol. The highest BCUT2D eigenvalue weighted by Gasteiger charge is 2.57. The average molecular weight is 868 g/mol. The maximum Gasteiger partial charge on any atom is 0.425 e. The molecule has 5 aliphatic rings. The van der Waals surface area contributed by atoms with Gasteiger partial charge < -0.3 is 30.1 Å². The maximum absolute atomic E-state index is 13.7. The molecule has 4 aliphatic carbocycles. The lowest BCUT2D eigenvalue weighted by atomic mass is 9.81. The Morgan fingerprint density at radius 1 is 0.721 bits per heavy atom. The molecule has 1 heterocycles. The molecular formula is C47H73N5O8S. The first kappa shape index (κ1) is 48.5. The molecule has 61 heavy (non-hydrogen) atoms. The Hall–Kier alpha value is -3.56. The molecule has 14 heteroatoms. The van der Waals surface area contributed by atoms with Gasteiger partial charge in [-0.25, -0.2) is 4.79 Å². The number of amides is 3.